The highest BCUT2D eigenvalue weighted by Gasteiger charge is 2.10. The van der Waals surface area contributed by atoms with Crippen molar-refractivity contribution >= 4 is 17.5 Å². The van der Waals surface area contributed by atoms with Crippen LogP contribution in [0.1, 0.15) is 21.6 Å². The van der Waals surface area contributed by atoms with Crippen LogP contribution in [0.5, 0.6) is 0 Å². The lowest BCUT2D eigenvalue weighted by atomic mass is 10.2. The lowest BCUT2D eigenvalue weighted by Gasteiger charge is -2.04. The zero-order chi connectivity index (χ0) is 13.7. The van der Waals surface area contributed by atoms with E-state index in [1.807, 2.05) is 25.1 Å². The van der Waals surface area contributed by atoms with E-state index in [1.54, 1.807) is 24.3 Å². The van der Waals surface area contributed by atoms with E-state index in [-0.39, 0.29) is 11.5 Å². The van der Waals surface area contributed by atoms with Crippen LogP contribution in [0.15, 0.2) is 47.5 Å². The lowest BCUT2D eigenvalue weighted by Crippen LogP contribution is -2.03. The van der Waals surface area contributed by atoms with Gasteiger partial charge in [0.1, 0.15) is 11.1 Å². The number of carbonyl (C=O) groups is 1. The molecular formula is C15H12N2OS. The van der Waals surface area contributed by atoms with Crippen LogP contribution in [0.2, 0.25) is 0 Å². The zero-order valence-electron chi connectivity index (χ0n) is 10.5. The Kier molecular flexibility index (Phi) is 4.32. The molecule has 94 valence electrons. The Morgan fingerprint density at radius 1 is 1.26 bits per heavy atom. The largest absolute Gasteiger partial charge is 0.293 e. The summed E-state index contributed by atoms with van der Waals surface area (Å²) in [5.41, 5.74) is 2.03. The van der Waals surface area contributed by atoms with Crippen molar-refractivity contribution < 1.29 is 4.79 Å². The van der Waals surface area contributed by atoms with Gasteiger partial charge < -0.3 is 0 Å². The molecule has 0 spiro atoms. The van der Waals surface area contributed by atoms with Crippen molar-refractivity contribution in [2.75, 3.05) is 5.75 Å². The molecule has 0 unspecified atom stereocenters. The van der Waals surface area contributed by atoms with E-state index in [0.29, 0.717) is 16.2 Å². The fourth-order valence-electron chi connectivity index (χ4n) is 1.57. The molecule has 0 aliphatic rings. The van der Waals surface area contributed by atoms with Gasteiger partial charge >= 0.3 is 0 Å². The second-order valence-electron chi connectivity index (χ2n) is 4.00. The highest BCUT2D eigenvalue weighted by Crippen LogP contribution is 2.21. The summed E-state index contributed by atoms with van der Waals surface area (Å²) in [6.45, 7) is 1.87. The van der Waals surface area contributed by atoms with Gasteiger partial charge in [-0.15, -0.1) is 0 Å². The highest BCUT2D eigenvalue weighted by molar-refractivity contribution is 8.00. The molecule has 0 fully saturated rings. The van der Waals surface area contributed by atoms with Crippen molar-refractivity contribution in [2.24, 2.45) is 0 Å². The number of rotatable bonds is 4. The van der Waals surface area contributed by atoms with Crippen molar-refractivity contribution in [3.05, 3.63) is 59.3 Å². The molecule has 1 heterocycles. The van der Waals surface area contributed by atoms with Crippen molar-refractivity contribution in [3.63, 3.8) is 0 Å². The third-order valence-corrected chi connectivity index (χ3v) is 3.55. The van der Waals surface area contributed by atoms with Crippen molar-refractivity contribution in [1.29, 1.82) is 5.26 Å². The van der Waals surface area contributed by atoms with E-state index in [0.717, 1.165) is 5.69 Å². The quantitative estimate of drug-likeness (QED) is 0.631. The summed E-state index contributed by atoms with van der Waals surface area (Å²) >= 11 is 1.31. The Morgan fingerprint density at radius 3 is 2.68 bits per heavy atom. The number of pyridine rings is 1. The minimum atomic E-state index is 0.0396. The second kappa shape index (κ2) is 6.17. The third-order valence-electron chi connectivity index (χ3n) is 2.56. The number of hydrogen-bond acceptors (Lipinski definition) is 4. The van der Waals surface area contributed by atoms with Crippen molar-refractivity contribution in [3.8, 4) is 6.07 Å². The van der Waals surface area contributed by atoms with E-state index in [9.17, 15) is 4.79 Å². The van der Waals surface area contributed by atoms with Gasteiger partial charge in [-0.05, 0) is 19.1 Å². The molecule has 0 radical (unpaired) electrons. The molecule has 2 rings (SSSR count). The van der Waals surface area contributed by atoms with Gasteiger partial charge in [-0.25, -0.2) is 4.98 Å². The van der Waals surface area contributed by atoms with Crippen LogP contribution in [0.25, 0.3) is 0 Å². The monoisotopic (exact) mass is 268 g/mol. The van der Waals surface area contributed by atoms with Gasteiger partial charge in [0.15, 0.2) is 5.78 Å². The molecule has 0 aliphatic heterocycles. The second-order valence-corrected chi connectivity index (χ2v) is 4.96. The summed E-state index contributed by atoms with van der Waals surface area (Å²) in [5, 5.41) is 9.62. The first-order valence-electron chi connectivity index (χ1n) is 5.79. The SMILES string of the molecule is Cc1ccc(C#N)c(SCC(=O)c2ccccc2)n1. The molecule has 4 heteroatoms. The number of Topliss-reactive ketones (excluding diaryl/α,β-unsaturated/α-hetero) is 1. The van der Waals surface area contributed by atoms with Crippen LogP contribution in [0, 0.1) is 18.3 Å². The van der Waals surface area contributed by atoms with Crippen molar-refractivity contribution in [1.82, 2.24) is 4.98 Å². The number of benzene rings is 1. The molecular weight excluding hydrogens is 256 g/mol. The normalized spacial score (nSPS) is 9.89. The predicted molar refractivity (Wildman–Crippen MR) is 75.2 cm³/mol. The number of nitrogens with zero attached hydrogens (tertiary/aromatic N) is 2. The van der Waals surface area contributed by atoms with Crippen LogP contribution in [-0.4, -0.2) is 16.5 Å². The number of hydrogen-bond donors (Lipinski definition) is 0. The molecule has 19 heavy (non-hydrogen) atoms. The van der Waals surface area contributed by atoms with Gasteiger partial charge in [0.05, 0.1) is 11.3 Å². The zero-order valence-corrected chi connectivity index (χ0v) is 11.3. The first kappa shape index (κ1) is 13.3. The fourth-order valence-corrected chi connectivity index (χ4v) is 2.48. The number of thioether (sulfide) groups is 1. The van der Waals surface area contributed by atoms with Crippen LogP contribution >= 0.6 is 11.8 Å². The van der Waals surface area contributed by atoms with Gasteiger partial charge in [-0.3, -0.25) is 4.79 Å². The molecule has 2 aromatic rings. The number of carbonyl (C=O) groups excluding carboxylic acids is 1. The smallest absolute Gasteiger partial charge is 0.173 e. The van der Waals surface area contributed by atoms with Gasteiger partial charge in [-0.2, -0.15) is 5.26 Å². The molecule has 0 atom stereocenters. The minimum absolute atomic E-state index is 0.0396. The number of ketones is 1. The average Bonchev–Trinajstić information content (AvgIpc) is 2.46. The van der Waals surface area contributed by atoms with Crippen LogP contribution in [0.3, 0.4) is 0 Å². The summed E-state index contributed by atoms with van der Waals surface area (Å²) in [6.07, 6.45) is 0. The highest BCUT2D eigenvalue weighted by atomic mass is 32.2. The fraction of sp³-hybridized carbons (Fsp3) is 0.133. The molecule has 1 aromatic carbocycles. The van der Waals surface area contributed by atoms with E-state index >= 15 is 0 Å². The van der Waals surface area contributed by atoms with Gasteiger partial charge in [-0.1, -0.05) is 42.1 Å². The summed E-state index contributed by atoms with van der Waals surface area (Å²) in [4.78, 5) is 16.3. The summed E-state index contributed by atoms with van der Waals surface area (Å²) < 4.78 is 0. The third kappa shape index (κ3) is 3.43. The van der Waals surface area contributed by atoms with Crippen LogP contribution in [-0.2, 0) is 0 Å². The summed E-state index contributed by atoms with van der Waals surface area (Å²) in [5.74, 6) is 0.326. The Hall–Kier alpha value is -2.12. The summed E-state index contributed by atoms with van der Waals surface area (Å²) in [6, 6.07) is 14.7. The van der Waals surface area contributed by atoms with Crippen LogP contribution in [0.4, 0.5) is 0 Å². The Bertz CT molecular complexity index is 632. The Morgan fingerprint density at radius 2 is 2.00 bits per heavy atom. The van der Waals surface area contributed by atoms with E-state index < -0.39 is 0 Å². The lowest BCUT2D eigenvalue weighted by molar-refractivity contribution is 0.102. The molecule has 1 aromatic heterocycles. The number of nitriles is 1. The topological polar surface area (TPSA) is 53.8 Å². The first-order chi connectivity index (χ1) is 9.20. The Labute approximate surface area is 116 Å². The van der Waals surface area contributed by atoms with Gasteiger partial charge in [0.2, 0.25) is 0 Å². The van der Waals surface area contributed by atoms with Crippen LogP contribution < -0.4 is 0 Å². The molecule has 3 nitrogen and oxygen atoms in total. The molecule has 0 saturated carbocycles. The van der Waals surface area contributed by atoms with E-state index in [1.165, 1.54) is 11.8 Å². The first-order valence-corrected chi connectivity index (χ1v) is 6.78. The van der Waals surface area contributed by atoms with E-state index in [4.69, 9.17) is 5.26 Å². The van der Waals surface area contributed by atoms with E-state index in [2.05, 4.69) is 11.1 Å². The van der Waals surface area contributed by atoms with Gasteiger partial charge in [0.25, 0.3) is 0 Å². The molecule has 0 amide bonds. The maximum atomic E-state index is 12.0. The maximum Gasteiger partial charge on any atom is 0.173 e. The maximum absolute atomic E-state index is 12.0. The standard InChI is InChI=1S/C15H12N2OS/c1-11-7-8-13(9-16)15(17-11)19-10-14(18)12-5-3-2-4-6-12/h2-8H,10H2,1H3. The Balaban J connectivity index is 2.09. The molecule has 0 bridgehead atoms. The summed E-state index contributed by atoms with van der Waals surface area (Å²) in [7, 11) is 0. The molecule has 0 saturated heterocycles. The average molecular weight is 268 g/mol. The minimum Gasteiger partial charge on any atom is -0.293 e. The molecule has 0 N–H and O–H groups in total. The van der Waals surface area contributed by atoms with Gasteiger partial charge in [0, 0.05) is 11.3 Å². The number of aryl methyl sites for hydroxylation is 1. The molecule has 0 aliphatic carbocycles. The predicted octanol–water partition coefficient (Wildman–Crippen LogP) is 3.24. The van der Waals surface area contributed by atoms with Crippen molar-refractivity contribution in [2.45, 2.75) is 11.9 Å². The number of aromatic nitrogens is 1.